The smallest absolute Gasteiger partial charge is 0.510 e. The number of benzene rings is 5. The van der Waals surface area contributed by atoms with Crippen LogP contribution in [0.4, 0.5) is 39.8 Å². The summed E-state index contributed by atoms with van der Waals surface area (Å²) in [5.74, 6) is 0. The van der Waals surface area contributed by atoms with Gasteiger partial charge in [-0.05, 0) is 62.0 Å². The van der Waals surface area contributed by atoms with E-state index in [0.717, 1.165) is 50.2 Å². The molecule has 0 saturated carbocycles. The largest absolute Gasteiger partial charge is 4.00 e. The maximum atomic E-state index is 8.18. The van der Waals surface area contributed by atoms with E-state index in [1.807, 2.05) is 65.6 Å². The molecule has 5 aromatic carbocycles. The first-order valence-electron chi connectivity index (χ1n) is 16.6. The fraction of sp³-hybridized carbons (Fsp3) is 0.0556. The second-order valence-electron chi connectivity index (χ2n) is 10.4. The second-order valence-corrected chi connectivity index (χ2v) is 10.4. The molecule has 0 bridgehead atoms. The maximum absolute atomic E-state index is 8.18. The minimum absolute atomic E-state index is 0. The van der Waals surface area contributed by atoms with Crippen LogP contribution in [-0.4, -0.2) is 23.4 Å². The summed E-state index contributed by atoms with van der Waals surface area (Å²) in [6.45, 7) is -1.53. The van der Waals surface area contributed by atoms with Crippen molar-refractivity contribution >= 4 is 61.6 Å². The molecule has 210 valence electrons. The zero-order valence-electron chi connectivity index (χ0n) is 28.5. The van der Waals surface area contributed by atoms with E-state index in [9.17, 15) is 0 Å². The molecule has 3 aliphatic heterocycles. The molecule has 0 aliphatic carbocycles. The van der Waals surface area contributed by atoms with Crippen LogP contribution < -0.4 is 19.6 Å². The first-order chi connectivity index (χ1) is 23.1. The standard InChI is InChI=1S/C36H26N6.Pt/c1-37-19-20-39(23-37)25-9-7-10-27(21-25)41-34-16-8-12-29-28-11-3-4-13-30(28)42(36(29)34)33-18-17-26(22-35(33)41)40-24-38(2)31-14-5-6-15-32(31)40;/h3-20,23-24H,1-2H3;/q-4;+4/i1D3,2D3;. The van der Waals surface area contributed by atoms with Gasteiger partial charge in [0.15, 0.2) is 0 Å². The van der Waals surface area contributed by atoms with E-state index >= 15 is 0 Å². The number of fused-ring (bicyclic) bond motifs is 6. The molecule has 0 fully saturated rings. The number of para-hydroxylation sites is 4. The van der Waals surface area contributed by atoms with Gasteiger partial charge in [0.05, 0.1) is 11.2 Å². The molecule has 6 aromatic rings. The number of aromatic nitrogens is 1. The Morgan fingerprint density at radius 2 is 1.42 bits per heavy atom. The SMILES string of the molecule is [2H]C([2H])([2H])N1C=CN(c2[c-]c(N3c4[c-]c(N5[CH-]N(C([2H])([2H])[2H])c6ccccc65)ccc4-n4c5ccccc5c5cccc3c54)ccc2)[CH-]1.[Pt+4]. The van der Waals surface area contributed by atoms with Gasteiger partial charge in [-0.1, -0.05) is 48.2 Å². The fourth-order valence-electron chi connectivity index (χ4n) is 6.28. The van der Waals surface area contributed by atoms with Crippen LogP contribution in [0.2, 0.25) is 0 Å². The molecule has 6 nitrogen and oxygen atoms in total. The first kappa shape index (κ1) is 20.3. The Balaban J connectivity index is 0.00000348. The molecule has 0 amide bonds. The van der Waals surface area contributed by atoms with E-state index in [1.54, 1.807) is 23.8 Å². The number of anilines is 7. The Hall–Kier alpha value is -4.67. The molecule has 0 spiro atoms. The molecule has 0 saturated heterocycles. The minimum atomic E-state index is -2.37. The summed E-state index contributed by atoms with van der Waals surface area (Å²) in [5, 5.41) is 2.24. The van der Waals surface area contributed by atoms with E-state index in [0.29, 0.717) is 17.1 Å². The topological polar surface area (TPSA) is 21.1 Å². The third kappa shape index (κ3) is 3.76. The summed E-state index contributed by atoms with van der Waals surface area (Å²) in [5.41, 5.74) is 8.09. The van der Waals surface area contributed by atoms with Crippen molar-refractivity contribution in [3.8, 4) is 5.69 Å². The number of hydrogen-bond acceptors (Lipinski definition) is 5. The molecule has 43 heavy (non-hydrogen) atoms. The van der Waals surface area contributed by atoms with Gasteiger partial charge >= 0.3 is 21.1 Å². The zero-order chi connectivity index (χ0) is 32.9. The summed E-state index contributed by atoms with van der Waals surface area (Å²) in [6, 6.07) is 39.0. The van der Waals surface area contributed by atoms with Crippen LogP contribution in [0.25, 0.3) is 27.5 Å². The van der Waals surface area contributed by atoms with Gasteiger partial charge in [-0.2, -0.15) is 19.4 Å². The zero-order valence-corrected chi connectivity index (χ0v) is 24.8. The molecule has 0 atom stereocenters. The van der Waals surface area contributed by atoms with Crippen LogP contribution in [0.15, 0.2) is 109 Å². The van der Waals surface area contributed by atoms with Crippen LogP contribution in [0, 0.1) is 25.5 Å². The molecular weight excluding hydrogens is 712 g/mol. The van der Waals surface area contributed by atoms with Gasteiger partial charge in [-0.25, -0.2) is 0 Å². The predicted molar refractivity (Wildman–Crippen MR) is 172 cm³/mol. The molecule has 3 aliphatic rings. The molecule has 4 heterocycles. The van der Waals surface area contributed by atoms with E-state index in [4.69, 9.17) is 8.22 Å². The normalized spacial score (nSPS) is 17.6. The molecule has 0 radical (unpaired) electrons. The van der Waals surface area contributed by atoms with E-state index in [1.165, 1.54) is 22.7 Å². The molecule has 0 unspecified atom stereocenters. The summed E-state index contributed by atoms with van der Waals surface area (Å²) in [4.78, 5) is 8.21. The number of hydrogen-bond donors (Lipinski definition) is 0. The van der Waals surface area contributed by atoms with E-state index in [-0.39, 0.29) is 21.1 Å². The average Bonchev–Trinajstić information content (AvgIpc) is 3.81. The van der Waals surface area contributed by atoms with Gasteiger partial charge in [0.25, 0.3) is 0 Å². The van der Waals surface area contributed by atoms with Gasteiger partial charge < -0.3 is 29.1 Å². The van der Waals surface area contributed by atoms with Crippen LogP contribution in [0.1, 0.15) is 8.22 Å². The van der Waals surface area contributed by atoms with Gasteiger partial charge in [0.2, 0.25) is 0 Å². The Morgan fingerprint density at radius 3 is 2.30 bits per heavy atom. The van der Waals surface area contributed by atoms with Crippen molar-refractivity contribution in [2.75, 3.05) is 33.6 Å². The average molecular weight is 744 g/mol. The molecule has 9 rings (SSSR count). The van der Waals surface area contributed by atoms with Crippen molar-refractivity contribution in [1.29, 1.82) is 0 Å². The summed E-state index contributed by atoms with van der Waals surface area (Å²) in [6.07, 6.45) is 3.22. The summed E-state index contributed by atoms with van der Waals surface area (Å²) in [7, 11) is 0. The summed E-state index contributed by atoms with van der Waals surface area (Å²) >= 11 is 0. The number of rotatable bonds is 3. The Labute approximate surface area is 273 Å². The first-order valence-corrected chi connectivity index (χ1v) is 13.6. The molecule has 0 N–H and O–H groups in total. The van der Waals surface area contributed by atoms with E-state index in [2.05, 4.69) is 51.9 Å². The predicted octanol–water partition coefficient (Wildman–Crippen LogP) is 8.21. The minimum Gasteiger partial charge on any atom is -0.510 e. The maximum Gasteiger partial charge on any atom is 4.00 e. The monoisotopic (exact) mass is 743 g/mol. The third-order valence-electron chi connectivity index (χ3n) is 8.08. The molecule has 1 aromatic heterocycles. The van der Waals surface area contributed by atoms with Crippen molar-refractivity contribution in [3.05, 3.63) is 135 Å². The van der Waals surface area contributed by atoms with Crippen molar-refractivity contribution in [1.82, 2.24) is 9.47 Å². The van der Waals surface area contributed by atoms with Crippen molar-refractivity contribution < 1.29 is 29.3 Å². The van der Waals surface area contributed by atoms with Crippen molar-refractivity contribution in [2.45, 2.75) is 0 Å². The third-order valence-corrected chi connectivity index (χ3v) is 8.08. The van der Waals surface area contributed by atoms with Crippen LogP contribution in [-0.2, 0) is 21.1 Å². The Morgan fingerprint density at radius 1 is 0.628 bits per heavy atom. The Bertz CT molecular complexity index is 2300. The van der Waals surface area contributed by atoms with Crippen LogP contribution in [0.3, 0.4) is 0 Å². The van der Waals surface area contributed by atoms with Crippen LogP contribution >= 0.6 is 0 Å². The van der Waals surface area contributed by atoms with Gasteiger partial charge in [0, 0.05) is 35.9 Å². The van der Waals surface area contributed by atoms with E-state index < -0.39 is 14.0 Å². The van der Waals surface area contributed by atoms with Crippen molar-refractivity contribution in [3.63, 3.8) is 0 Å². The van der Waals surface area contributed by atoms with Gasteiger partial charge in [-0.3, -0.25) is 0 Å². The quantitative estimate of drug-likeness (QED) is 0.170. The fourth-order valence-corrected chi connectivity index (χ4v) is 6.28. The van der Waals surface area contributed by atoms with Crippen molar-refractivity contribution in [2.24, 2.45) is 0 Å². The number of nitrogens with zero attached hydrogens (tertiary/aromatic N) is 6. The Kier molecular flexibility index (Phi) is 4.56. The van der Waals surface area contributed by atoms with Gasteiger partial charge in [-0.15, -0.1) is 47.8 Å². The molecular formula is C36H26N6Pt. The second kappa shape index (κ2) is 9.68. The van der Waals surface area contributed by atoms with Gasteiger partial charge in [0.1, 0.15) is 0 Å². The molecule has 7 heteroatoms. The van der Waals surface area contributed by atoms with Crippen LogP contribution in [0.5, 0.6) is 0 Å². The summed E-state index contributed by atoms with van der Waals surface area (Å²) < 4.78 is 50.2.